The normalized spacial score (nSPS) is 13.3. The average molecular weight is 376 g/mol. The van der Waals surface area contributed by atoms with Crippen LogP contribution in [0.5, 0.6) is 5.75 Å². The fourth-order valence-electron chi connectivity index (χ4n) is 3.43. The summed E-state index contributed by atoms with van der Waals surface area (Å²) in [6.45, 7) is 6.32. The van der Waals surface area contributed by atoms with Crippen LogP contribution in [-0.4, -0.2) is 12.0 Å². The van der Waals surface area contributed by atoms with Gasteiger partial charge in [-0.05, 0) is 47.2 Å². The summed E-state index contributed by atoms with van der Waals surface area (Å²) in [5.74, 6) is 1.14. The molecule has 0 fully saturated rings. The van der Waals surface area contributed by atoms with Crippen LogP contribution in [0.15, 0.2) is 72.8 Å². The lowest BCUT2D eigenvalue weighted by molar-refractivity contribution is -0.129. The summed E-state index contributed by atoms with van der Waals surface area (Å²) >= 11 is 0. The molecule has 0 radical (unpaired) electrons. The molecule has 0 bridgehead atoms. The van der Waals surface area contributed by atoms with Gasteiger partial charge in [0.1, 0.15) is 5.75 Å². The van der Waals surface area contributed by atoms with E-state index in [1.54, 1.807) is 0 Å². The second-order valence-corrected chi connectivity index (χ2v) is 7.63. The molecule has 146 valence electrons. The molecule has 0 aliphatic carbocycles. The van der Waals surface area contributed by atoms with Gasteiger partial charge in [-0.1, -0.05) is 81.4 Å². The molecule has 3 rings (SSSR count). The number of hydrogen-bond donors (Lipinski definition) is 1. The molecule has 3 heteroatoms. The van der Waals surface area contributed by atoms with Crippen molar-refractivity contribution in [2.75, 3.05) is 0 Å². The minimum absolute atomic E-state index is 0.0112. The third kappa shape index (κ3) is 5.13. The number of nitrogens with one attached hydrogen (secondary N) is 1. The highest BCUT2D eigenvalue weighted by molar-refractivity contribution is 5.84. The smallest absolute Gasteiger partial charge is 0.261 e. The van der Waals surface area contributed by atoms with E-state index >= 15 is 0 Å². The van der Waals surface area contributed by atoms with Gasteiger partial charge in [0, 0.05) is 0 Å². The molecule has 0 heterocycles. The van der Waals surface area contributed by atoms with E-state index in [0.29, 0.717) is 12.3 Å². The largest absolute Gasteiger partial charge is 0.481 e. The Hall–Kier alpha value is -2.81. The maximum atomic E-state index is 13.0. The molecule has 3 aromatic carbocycles. The molecule has 0 spiro atoms. The predicted molar refractivity (Wildman–Crippen MR) is 115 cm³/mol. The SMILES string of the molecule is CC[C@@H](Oc1ccc2ccccc2c1)C(=O)N[C@H](CC(C)C)c1ccccc1. The molecule has 0 aliphatic heterocycles. The van der Waals surface area contributed by atoms with E-state index in [1.165, 1.54) is 0 Å². The second kappa shape index (κ2) is 9.41. The number of carbonyl (C=O) groups excluding carboxylic acids is 1. The van der Waals surface area contributed by atoms with Crippen molar-refractivity contribution in [2.45, 2.75) is 45.8 Å². The molecule has 0 saturated carbocycles. The molecule has 1 amide bonds. The summed E-state index contributed by atoms with van der Waals surface area (Å²) in [5, 5.41) is 5.48. The van der Waals surface area contributed by atoms with Crippen LogP contribution < -0.4 is 10.1 Å². The monoisotopic (exact) mass is 375 g/mol. The Labute approximate surface area is 167 Å². The second-order valence-electron chi connectivity index (χ2n) is 7.63. The number of amides is 1. The summed E-state index contributed by atoms with van der Waals surface area (Å²) < 4.78 is 6.06. The average Bonchev–Trinajstić information content (AvgIpc) is 2.71. The van der Waals surface area contributed by atoms with Gasteiger partial charge < -0.3 is 10.1 Å². The molecule has 3 nitrogen and oxygen atoms in total. The highest BCUT2D eigenvalue weighted by Gasteiger charge is 2.23. The number of rotatable bonds is 8. The number of hydrogen-bond acceptors (Lipinski definition) is 2. The van der Waals surface area contributed by atoms with Crippen LogP contribution in [0.2, 0.25) is 0 Å². The van der Waals surface area contributed by atoms with Crippen LogP contribution in [0.4, 0.5) is 0 Å². The van der Waals surface area contributed by atoms with Crippen LogP contribution in [0, 0.1) is 5.92 Å². The first-order valence-electron chi connectivity index (χ1n) is 10.1. The van der Waals surface area contributed by atoms with Crippen LogP contribution >= 0.6 is 0 Å². The van der Waals surface area contributed by atoms with Crippen molar-refractivity contribution < 1.29 is 9.53 Å². The van der Waals surface area contributed by atoms with Gasteiger partial charge in [0.05, 0.1) is 6.04 Å². The van der Waals surface area contributed by atoms with E-state index in [9.17, 15) is 4.79 Å². The van der Waals surface area contributed by atoms with Crippen molar-refractivity contribution in [1.29, 1.82) is 0 Å². The Morgan fingerprint density at radius 1 is 0.929 bits per heavy atom. The van der Waals surface area contributed by atoms with Crippen molar-refractivity contribution in [3.05, 3.63) is 78.4 Å². The summed E-state index contributed by atoms with van der Waals surface area (Å²) in [4.78, 5) is 13.0. The standard InChI is InChI=1S/C25H29NO2/c1-4-24(28-22-15-14-19-10-8-9-13-21(19)17-22)25(27)26-23(16-18(2)3)20-11-6-5-7-12-20/h5-15,17-18,23-24H,4,16H2,1-3H3,(H,26,27)/t23-,24-/m1/s1. The van der Waals surface area contributed by atoms with Crippen molar-refractivity contribution >= 4 is 16.7 Å². The maximum Gasteiger partial charge on any atom is 0.261 e. The number of benzene rings is 3. The van der Waals surface area contributed by atoms with Gasteiger partial charge in [-0.15, -0.1) is 0 Å². The fourth-order valence-corrected chi connectivity index (χ4v) is 3.43. The molecule has 2 atom stereocenters. The van der Waals surface area contributed by atoms with Gasteiger partial charge in [-0.3, -0.25) is 4.79 Å². The Morgan fingerprint density at radius 3 is 2.29 bits per heavy atom. The summed E-state index contributed by atoms with van der Waals surface area (Å²) in [6.07, 6.45) is 0.990. The molecule has 0 saturated heterocycles. The van der Waals surface area contributed by atoms with E-state index in [0.717, 1.165) is 28.5 Å². The third-order valence-electron chi connectivity index (χ3n) is 4.89. The van der Waals surface area contributed by atoms with Gasteiger partial charge in [-0.2, -0.15) is 0 Å². The van der Waals surface area contributed by atoms with Crippen molar-refractivity contribution in [2.24, 2.45) is 5.92 Å². The topological polar surface area (TPSA) is 38.3 Å². The van der Waals surface area contributed by atoms with Crippen molar-refractivity contribution in [3.63, 3.8) is 0 Å². The highest BCUT2D eigenvalue weighted by atomic mass is 16.5. The lowest BCUT2D eigenvalue weighted by atomic mass is 9.96. The van der Waals surface area contributed by atoms with E-state index in [-0.39, 0.29) is 11.9 Å². The molecular weight excluding hydrogens is 346 g/mol. The minimum atomic E-state index is -0.514. The van der Waals surface area contributed by atoms with Gasteiger partial charge in [0.15, 0.2) is 6.10 Å². The van der Waals surface area contributed by atoms with E-state index in [4.69, 9.17) is 4.74 Å². The summed E-state index contributed by atoms with van der Waals surface area (Å²) in [6, 6.07) is 24.2. The zero-order valence-electron chi connectivity index (χ0n) is 16.9. The molecule has 3 aromatic rings. The zero-order valence-corrected chi connectivity index (χ0v) is 16.9. The first-order valence-corrected chi connectivity index (χ1v) is 10.1. The molecule has 0 aliphatic rings. The Morgan fingerprint density at radius 2 is 1.61 bits per heavy atom. The number of ether oxygens (including phenoxy) is 1. The molecular formula is C25H29NO2. The lowest BCUT2D eigenvalue weighted by Crippen LogP contribution is -2.40. The maximum absolute atomic E-state index is 13.0. The van der Waals surface area contributed by atoms with E-state index < -0.39 is 6.10 Å². The number of fused-ring (bicyclic) bond motifs is 1. The van der Waals surface area contributed by atoms with E-state index in [2.05, 4.69) is 43.4 Å². The van der Waals surface area contributed by atoms with Crippen molar-refractivity contribution in [1.82, 2.24) is 5.32 Å². The molecule has 0 aromatic heterocycles. The first-order chi connectivity index (χ1) is 13.6. The summed E-state index contributed by atoms with van der Waals surface area (Å²) in [5.41, 5.74) is 1.13. The van der Waals surface area contributed by atoms with Crippen molar-refractivity contribution in [3.8, 4) is 5.75 Å². The Kier molecular flexibility index (Phi) is 6.70. The fraction of sp³-hybridized carbons (Fsp3) is 0.320. The molecule has 0 unspecified atom stereocenters. The van der Waals surface area contributed by atoms with Gasteiger partial charge in [0.25, 0.3) is 5.91 Å². The highest BCUT2D eigenvalue weighted by Crippen LogP contribution is 2.24. The minimum Gasteiger partial charge on any atom is -0.481 e. The Balaban J connectivity index is 1.73. The Bertz CT molecular complexity index is 905. The summed E-state index contributed by atoms with van der Waals surface area (Å²) in [7, 11) is 0. The lowest BCUT2D eigenvalue weighted by Gasteiger charge is -2.24. The van der Waals surface area contributed by atoms with Gasteiger partial charge in [-0.25, -0.2) is 0 Å². The van der Waals surface area contributed by atoms with Gasteiger partial charge in [0.2, 0.25) is 0 Å². The van der Waals surface area contributed by atoms with E-state index in [1.807, 2.05) is 55.5 Å². The van der Waals surface area contributed by atoms with Gasteiger partial charge >= 0.3 is 0 Å². The van der Waals surface area contributed by atoms with Crippen LogP contribution in [-0.2, 0) is 4.79 Å². The first kappa shape index (κ1) is 19.9. The zero-order chi connectivity index (χ0) is 19.9. The quantitative estimate of drug-likeness (QED) is 0.532. The number of carbonyl (C=O) groups is 1. The van der Waals surface area contributed by atoms with Crippen LogP contribution in [0.25, 0.3) is 10.8 Å². The predicted octanol–water partition coefficient (Wildman–Crippen LogP) is 5.90. The molecule has 1 N–H and O–H groups in total. The third-order valence-corrected chi connectivity index (χ3v) is 4.89. The van der Waals surface area contributed by atoms with Crippen LogP contribution in [0.1, 0.15) is 45.2 Å². The van der Waals surface area contributed by atoms with Crippen LogP contribution in [0.3, 0.4) is 0 Å². The molecule has 28 heavy (non-hydrogen) atoms.